The Hall–Kier alpha value is -1.77. The molecule has 2 atom stereocenters. The molecule has 0 heterocycles. The second-order valence-electron chi connectivity index (χ2n) is 20.2. The summed E-state index contributed by atoms with van der Waals surface area (Å²) in [6.45, 7) is 3.77. The molecule has 0 spiro atoms. The number of phosphoric acid groups is 1. The van der Waals surface area contributed by atoms with E-state index in [1.807, 2.05) is 0 Å². The molecule has 0 rings (SSSR count). The van der Waals surface area contributed by atoms with Crippen molar-refractivity contribution in [3.63, 3.8) is 0 Å². The molecule has 412 valence electrons. The van der Waals surface area contributed by atoms with Gasteiger partial charge < -0.3 is 20.1 Å². The molecule has 0 aromatic heterocycles. The lowest BCUT2D eigenvalue weighted by atomic mass is 10.0. The summed E-state index contributed by atoms with van der Waals surface area (Å²) in [4.78, 5) is 35.2. The fraction of sp³-hybridized carbons (Fsp3) is 0.867. The number of hydrogen-bond donors (Lipinski definition) is 2. The van der Waals surface area contributed by atoms with E-state index in [4.69, 9.17) is 24.3 Å². The molecule has 0 aromatic rings. The Morgan fingerprint density at radius 2 is 0.743 bits per heavy atom. The van der Waals surface area contributed by atoms with Gasteiger partial charge in [-0.1, -0.05) is 256 Å². The topological polar surface area (TPSA) is 134 Å². The van der Waals surface area contributed by atoms with E-state index in [0.717, 1.165) is 44.9 Å². The number of phosphoric ester groups is 1. The van der Waals surface area contributed by atoms with Crippen molar-refractivity contribution in [3.05, 3.63) is 36.5 Å². The third-order valence-electron chi connectivity index (χ3n) is 13.2. The second kappa shape index (κ2) is 56.5. The van der Waals surface area contributed by atoms with Gasteiger partial charge in [0.05, 0.1) is 13.2 Å². The quantitative estimate of drug-likeness (QED) is 0.0264. The lowest BCUT2D eigenvalue weighted by Gasteiger charge is -2.19. The van der Waals surface area contributed by atoms with Gasteiger partial charge in [-0.3, -0.25) is 18.6 Å². The van der Waals surface area contributed by atoms with E-state index in [1.54, 1.807) is 0 Å². The van der Waals surface area contributed by atoms with Crippen molar-refractivity contribution in [1.29, 1.82) is 0 Å². The van der Waals surface area contributed by atoms with E-state index < -0.39 is 26.5 Å². The summed E-state index contributed by atoms with van der Waals surface area (Å²) < 4.78 is 33.0. The largest absolute Gasteiger partial charge is 0.472 e. The molecular weight excluding hydrogens is 894 g/mol. The number of hydrogen-bond acceptors (Lipinski definition) is 8. The van der Waals surface area contributed by atoms with E-state index in [2.05, 4.69) is 50.3 Å². The number of rotatable bonds is 57. The van der Waals surface area contributed by atoms with Gasteiger partial charge in [-0.05, 0) is 70.6 Å². The Morgan fingerprint density at radius 1 is 0.429 bits per heavy atom. The Balaban J connectivity index is 3.88. The van der Waals surface area contributed by atoms with Crippen LogP contribution in [0.5, 0.6) is 0 Å². The summed E-state index contributed by atoms with van der Waals surface area (Å²) in [6.07, 6.45) is 67.8. The number of ether oxygens (including phenoxy) is 2. The average Bonchev–Trinajstić information content (AvgIpc) is 3.35. The fourth-order valence-corrected chi connectivity index (χ4v) is 9.55. The van der Waals surface area contributed by atoms with Crippen molar-refractivity contribution in [1.82, 2.24) is 0 Å². The lowest BCUT2D eigenvalue weighted by Crippen LogP contribution is -2.29. The molecule has 9 nitrogen and oxygen atoms in total. The van der Waals surface area contributed by atoms with Crippen LogP contribution in [0.25, 0.3) is 0 Å². The van der Waals surface area contributed by atoms with Gasteiger partial charge in [-0.15, -0.1) is 0 Å². The normalized spacial score (nSPS) is 13.3. The minimum absolute atomic E-state index is 0.0544. The fourth-order valence-electron chi connectivity index (χ4n) is 8.78. The maximum atomic E-state index is 12.7. The Labute approximate surface area is 433 Å². The van der Waals surface area contributed by atoms with Gasteiger partial charge in [0.25, 0.3) is 0 Å². The number of carbonyl (C=O) groups is 2. The minimum atomic E-state index is -4.39. The van der Waals surface area contributed by atoms with Crippen LogP contribution in [0.15, 0.2) is 36.5 Å². The predicted octanol–water partition coefficient (Wildman–Crippen LogP) is 18.8. The Morgan fingerprint density at radius 3 is 1.10 bits per heavy atom. The van der Waals surface area contributed by atoms with Gasteiger partial charge >= 0.3 is 19.8 Å². The highest BCUT2D eigenvalue weighted by atomic mass is 31.2. The summed E-state index contributed by atoms with van der Waals surface area (Å²) in [6, 6.07) is 0. The number of allylic oxidation sites excluding steroid dienone is 6. The summed E-state index contributed by atoms with van der Waals surface area (Å²) in [5, 5.41) is 0. The van der Waals surface area contributed by atoms with Crippen LogP contribution in [0, 0.1) is 0 Å². The molecule has 0 bridgehead atoms. The van der Waals surface area contributed by atoms with Gasteiger partial charge in [0.2, 0.25) is 0 Å². The van der Waals surface area contributed by atoms with Crippen molar-refractivity contribution in [2.45, 2.75) is 309 Å². The van der Waals surface area contributed by atoms with Crippen LogP contribution in [0.2, 0.25) is 0 Å². The first kappa shape index (κ1) is 68.2. The number of esters is 2. The number of nitrogens with two attached hydrogens (primary N) is 1. The van der Waals surface area contributed by atoms with Crippen molar-refractivity contribution < 1.29 is 37.6 Å². The molecule has 3 N–H and O–H groups in total. The summed E-state index contributed by atoms with van der Waals surface area (Å²) in [7, 11) is -4.39. The van der Waals surface area contributed by atoms with E-state index in [0.29, 0.717) is 6.42 Å². The van der Waals surface area contributed by atoms with Crippen LogP contribution in [0.3, 0.4) is 0 Å². The van der Waals surface area contributed by atoms with Crippen molar-refractivity contribution in [2.75, 3.05) is 26.4 Å². The first-order chi connectivity index (χ1) is 34.3. The lowest BCUT2D eigenvalue weighted by molar-refractivity contribution is -0.161. The smallest absolute Gasteiger partial charge is 0.462 e. The molecule has 2 unspecified atom stereocenters. The van der Waals surface area contributed by atoms with E-state index >= 15 is 0 Å². The van der Waals surface area contributed by atoms with Crippen LogP contribution in [-0.2, 0) is 32.7 Å². The molecule has 0 aliphatic carbocycles. The molecule has 0 fully saturated rings. The molecular formula is C60H114NO8P. The highest BCUT2D eigenvalue weighted by molar-refractivity contribution is 7.47. The van der Waals surface area contributed by atoms with Gasteiger partial charge in [-0.25, -0.2) is 4.57 Å². The average molecular weight is 1010 g/mol. The molecule has 0 saturated heterocycles. The zero-order valence-electron chi connectivity index (χ0n) is 46.0. The van der Waals surface area contributed by atoms with E-state index in [-0.39, 0.29) is 38.6 Å². The van der Waals surface area contributed by atoms with E-state index in [1.165, 1.54) is 225 Å². The zero-order chi connectivity index (χ0) is 51.0. The standard InChI is InChI=1S/C60H114NO8P/c1-3-5-7-9-11-13-15-17-19-21-23-24-25-26-27-28-29-30-31-32-33-34-35-37-39-41-43-45-47-49-51-53-60(63)69-58(57-68-70(64,65)67-55-54-61)56-66-59(62)52-50-48-46-44-42-40-38-36-22-20-18-16-14-12-10-8-6-4-2/h15,17,20-23,58H,3-14,16,18-19,24-57,61H2,1-2H3,(H,64,65)/b17-15-,22-20-,23-21-. The van der Waals surface area contributed by atoms with Gasteiger partial charge in [0.15, 0.2) is 6.10 Å². The van der Waals surface area contributed by atoms with Gasteiger partial charge in [0.1, 0.15) is 6.61 Å². The SMILES string of the molecule is CCCCCCC/C=C\C/C=C\CCCCCCCCCCCCCCCCCCCCCC(=O)OC(COC(=O)CCCCCCCCC/C=C\CCCCCCCCC)COP(=O)(O)OCCN. The maximum absolute atomic E-state index is 12.7. The molecule has 0 amide bonds. The molecule has 70 heavy (non-hydrogen) atoms. The number of carbonyl (C=O) groups excluding carboxylic acids is 2. The van der Waals surface area contributed by atoms with Crippen LogP contribution in [-0.4, -0.2) is 49.3 Å². The molecule has 0 aliphatic rings. The summed E-state index contributed by atoms with van der Waals surface area (Å²) in [5.74, 6) is -0.818. The van der Waals surface area contributed by atoms with Crippen molar-refractivity contribution >= 4 is 19.8 Å². The third kappa shape index (κ3) is 55.5. The van der Waals surface area contributed by atoms with Crippen molar-refractivity contribution in [3.8, 4) is 0 Å². The maximum Gasteiger partial charge on any atom is 0.472 e. The summed E-state index contributed by atoms with van der Waals surface area (Å²) in [5.41, 5.74) is 5.38. The Bertz CT molecular complexity index is 1240. The molecule has 0 aromatic carbocycles. The molecule has 0 saturated carbocycles. The van der Waals surface area contributed by atoms with E-state index in [9.17, 15) is 19.0 Å². The monoisotopic (exact) mass is 1010 g/mol. The van der Waals surface area contributed by atoms with Crippen LogP contribution in [0.4, 0.5) is 0 Å². The van der Waals surface area contributed by atoms with Gasteiger partial charge in [-0.2, -0.15) is 0 Å². The third-order valence-corrected chi connectivity index (χ3v) is 14.2. The van der Waals surface area contributed by atoms with Crippen molar-refractivity contribution in [2.24, 2.45) is 5.73 Å². The first-order valence-electron chi connectivity index (χ1n) is 30.0. The Kier molecular flexibility index (Phi) is 55.1. The van der Waals surface area contributed by atoms with Crippen LogP contribution < -0.4 is 5.73 Å². The minimum Gasteiger partial charge on any atom is -0.462 e. The highest BCUT2D eigenvalue weighted by Gasteiger charge is 2.26. The van der Waals surface area contributed by atoms with Gasteiger partial charge in [0, 0.05) is 19.4 Å². The second-order valence-corrected chi connectivity index (χ2v) is 21.7. The van der Waals surface area contributed by atoms with Crippen LogP contribution in [0.1, 0.15) is 303 Å². The molecule has 0 radical (unpaired) electrons. The molecule has 0 aliphatic heterocycles. The molecule has 10 heteroatoms. The number of unbranched alkanes of at least 4 members (excludes halogenated alkanes) is 38. The predicted molar refractivity (Wildman–Crippen MR) is 298 cm³/mol. The highest BCUT2D eigenvalue weighted by Crippen LogP contribution is 2.43. The zero-order valence-corrected chi connectivity index (χ0v) is 46.9. The first-order valence-corrected chi connectivity index (χ1v) is 31.5. The van der Waals surface area contributed by atoms with Crippen LogP contribution >= 0.6 is 7.82 Å². The summed E-state index contributed by atoms with van der Waals surface area (Å²) >= 11 is 0.